The smallest absolute Gasteiger partial charge is 0.407 e. The molecule has 1 aliphatic rings. The number of aliphatic carboxylic acids is 1. The summed E-state index contributed by atoms with van der Waals surface area (Å²) < 4.78 is 5.56. The molecule has 0 radical (unpaired) electrons. The predicted octanol–water partition coefficient (Wildman–Crippen LogP) is 4.41. The minimum atomic E-state index is -0.925. The molecule has 0 spiro atoms. The average molecular weight is 467 g/mol. The molecule has 3 N–H and O–H groups in total. The topological polar surface area (TPSA) is 105 Å². The van der Waals surface area contributed by atoms with Crippen molar-refractivity contribution in [2.45, 2.75) is 40.0 Å². The van der Waals surface area contributed by atoms with E-state index in [2.05, 4.69) is 34.9 Å². The molecule has 34 heavy (non-hydrogen) atoms. The summed E-state index contributed by atoms with van der Waals surface area (Å²) in [5.74, 6) is -1.90. The van der Waals surface area contributed by atoms with E-state index in [0.29, 0.717) is 0 Å². The molecule has 1 unspecified atom stereocenters. The normalized spacial score (nSPS) is 13.7. The van der Waals surface area contributed by atoms with Gasteiger partial charge in [-0.1, -0.05) is 76.2 Å². The molecule has 1 atom stereocenters. The number of ether oxygens (including phenoxy) is 1. The van der Waals surface area contributed by atoms with Crippen LogP contribution in [0.5, 0.6) is 0 Å². The Morgan fingerprint density at radius 1 is 0.971 bits per heavy atom. The summed E-state index contributed by atoms with van der Waals surface area (Å²) in [7, 11) is 0. The Morgan fingerprint density at radius 2 is 1.53 bits per heavy atom. The van der Waals surface area contributed by atoms with Crippen molar-refractivity contribution in [1.29, 1.82) is 0 Å². The van der Waals surface area contributed by atoms with Crippen LogP contribution in [-0.4, -0.2) is 42.8 Å². The van der Waals surface area contributed by atoms with Gasteiger partial charge >= 0.3 is 12.1 Å². The van der Waals surface area contributed by atoms with Crippen molar-refractivity contribution in [1.82, 2.24) is 10.6 Å². The molecule has 0 aliphatic heterocycles. The second-order valence-corrected chi connectivity index (χ2v) is 10.0. The van der Waals surface area contributed by atoms with Crippen molar-refractivity contribution in [3.8, 4) is 11.1 Å². The van der Waals surface area contributed by atoms with E-state index >= 15 is 0 Å². The molecule has 2 aromatic carbocycles. The van der Waals surface area contributed by atoms with Crippen LogP contribution in [0.4, 0.5) is 4.79 Å². The first-order valence-corrected chi connectivity index (χ1v) is 11.7. The van der Waals surface area contributed by atoms with Gasteiger partial charge in [-0.05, 0) is 33.6 Å². The van der Waals surface area contributed by atoms with E-state index in [-0.39, 0.29) is 43.9 Å². The van der Waals surface area contributed by atoms with E-state index in [1.165, 1.54) is 11.1 Å². The first-order chi connectivity index (χ1) is 16.1. The fourth-order valence-electron chi connectivity index (χ4n) is 4.35. The van der Waals surface area contributed by atoms with Crippen LogP contribution in [0, 0.1) is 17.3 Å². The fraction of sp³-hybridized carbons (Fsp3) is 0.444. The Hall–Kier alpha value is -3.35. The van der Waals surface area contributed by atoms with Crippen LogP contribution in [0.2, 0.25) is 0 Å². The molecule has 0 fully saturated rings. The summed E-state index contributed by atoms with van der Waals surface area (Å²) in [6, 6.07) is 16.3. The van der Waals surface area contributed by atoms with E-state index in [0.717, 1.165) is 11.1 Å². The predicted molar refractivity (Wildman–Crippen MR) is 130 cm³/mol. The van der Waals surface area contributed by atoms with Crippen molar-refractivity contribution in [3.63, 3.8) is 0 Å². The first kappa shape index (κ1) is 25.3. The lowest BCUT2D eigenvalue weighted by molar-refractivity contribution is -0.143. The number of nitrogens with one attached hydrogen (secondary N) is 2. The van der Waals surface area contributed by atoms with Gasteiger partial charge in [-0.2, -0.15) is 0 Å². The number of amides is 2. The zero-order valence-corrected chi connectivity index (χ0v) is 20.3. The molecule has 7 nitrogen and oxygen atoms in total. The molecule has 3 rings (SSSR count). The summed E-state index contributed by atoms with van der Waals surface area (Å²) in [5.41, 5.74) is 4.11. The van der Waals surface area contributed by atoms with E-state index in [1.54, 1.807) is 0 Å². The minimum absolute atomic E-state index is 0.0138. The quantitative estimate of drug-likeness (QED) is 0.481. The molecule has 0 saturated carbocycles. The van der Waals surface area contributed by atoms with Gasteiger partial charge in [-0.3, -0.25) is 9.59 Å². The molecule has 0 heterocycles. The van der Waals surface area contributed by atoms with Gasteiger partial charge in [0.1, 0.15) is 6.61 Å². The minimum Gasteiger partial charge on any atom is -0.481 e. The van der Waals surface area contributed by atoms with Crippen LogP contribution in [-0.2, 0) is 14.3 Å². The summed E-state index contributed by atoms with van der Waals surface area (Å²) in [6.07, 6.45) is -0.373. The van der Waals surface area contributed by atoms with Gasteiger partial charge in [-0.15, -0.1) is 0 Å². The van der Waals surface area contributed by atoms with Gasteiger partial charge in [0.15, 0.2) is 0 Å². The molecule has 1 aliphatic carbocycles. The Balaban J connectivity index is 1.48. The van der Waals surface area contributed by atoms with Crippen LogP contribution in [0.25, 0.3) is 11.1 Å². The highest BCUT2D eigenvalue weighted by atomic mass is 16.5. The van der Waals surface area contributed by atoms with E-state index < -0.39 is 23.4 Å². The van der Waals surface area contributed by atoms with Crippen LogP contribution < -0.4 is 10.6 Å². The highest BCUT2D eigenvalue weighted by Gasteiger charge is 2.30. The van der Waals surface area contributed by atoms with Crippen molar-refractivity contribution in [2.75, 3.05) is 19.7 Å². The van der Waals surface area contributed by atoms with E-state index in [4.69, 9.17) is 4.74 Å². The van der Waals surface area contributed by atoms with Gasteiger partial charge < -0.3 is 20.5 Å². The van der Waals surface area contributed by atoms with Crippen LogP contribution in [0.15, 0.2) is 48.5 Å². The average Bonchev–Trinajstić information content (AvgIpc) is 3.09. The molecule has 7 heteroatoms. The molecule has 2 amide bonds. The molecule has 0 aromatic heterocycles. The number of carboxylic acid groups (broad SMARTS) is 1. The number of carboxylic acids is 1. The maximum Gasteiger partial charge on any atom is 0.407 e. The zero-order valence-electron chi connectivity index (χ0n) is 20.3. The fourth-order valence-corrected chi connectivity index (χ4v) is 4.35. The lowest BCUT2D eigenvalue weighted by Crippen LogP contribution is -2.40. The van der Waals surface area contributed by atoms with Crippen molar-refractivity contribution < 1.29 is 24.2 Å². The van der Waals surface area contributed by atoms with Gasteiger partial charge in [-0.25, -0.2) is 4.79 Å². The number of hydrogen-bond acceptors (Lipinski definition) is 4. The molecular weight excluding hydrogens is 432 g/mol. The second-order valence-electron chi connectivity index (χ2n) is 10.0. The number of carbonyl (C=O) groups is 3. The second kappa shape index (κ2) is 10.7. The van der Waals surface area contributed by atoms with Crippen molar-refractivity contribution in [3.05, 3.63) is 59.7 Å². The third-order valence-corrected chi connectivity index (χ3v) is 6.34. The Bertz CT molecular complexity index is 1000. The SMILES string of the molecule is CC(C)C(CNC(=O)CC(C)(C)CNC(=O)OCC1c2ccccc2-c2ccccc21)C(=O)O. The summed E-state index contributed by atoms with van der Waals surface area (Å²) >= 11 is 0. The molecular formula is C27H34N2O5. The van der Waals surface area contributed by atoms with Gasteiger partial charge in [0.05, 0.1) is 5.92 Å². The summed E-state index contributed by atoms with van der Waals surface area (Å²) in [6.45, 7) is 7.93. The number of fused-ring (bicyclic) bond motifs is 3. The van der Waals surface area contributed by atoms with Crippen molar-refractivity contribution in [2.24, 2.45) is 17.3 Å². The van der Waals surface area contributed by atoms with E-state index in [1.807, 2.05) is 52.0 Å². The molecule has 2 aromatic rings. The maximum absolute atomic E-state index is 12.4. The molecule has 0 bridgehead atoms. The lowest BCUT2D eigenvalue weighted by atomic mass is 9.88. The Kier molecular flexibility index (Phi) is 7.97. The summed E-state index contributed by atoms with van der Waals surface area (Å²) in [4.78, 5) is 36.1. The first-order valence-electron chi connectivity index (χ1n) is 11.7. The number of rotatable bonds is 10. The van der Waals surface area contributed by atoms with E-state index in [9.17, 15) is 19.5 Å². The van der Waals surface area contributed by atoms with Crippen LogP contribution in [0.1, 0.15) is 51.2 Å². The lowest BCUT2D eigenvalue weighted by Gasteiger charge is -2.25. The van der Waals surface area contributed by atoms with Gasteiger partial charge in [0.25, 0.3) is 0 Å². The highest BCUT2D eigenvalue weighted by Crippen LogP contribution is 2.44. The Morgan fingerprint density at radius 3 is 2.06 bits per heavy atom. The maximum atomic E-state index is 12.4. The number of hydrogen-bond donors (Lipinski definition) is 3. The number of benzene rings is 2. The number of alkyl carbamates (subject to hydrolysis) is 1. The van der Waals surface area contributed by atoms with Crippen LogP contribution >= 0.6 is 0 Å². The largest absolute Gasteiger partial charge is 0.481 e. The van der Waals surface area contributed by atoms with Gasteiger partial charge in [0.2, 0.25) is 5.91 Å². The molecule has 182 valence electrons. The van der Waals surface area contributed by atoms with Gasteiger partial charge in [0, 0.05) is 25.4 Å². The standard InChI is InChI=1S/C27H34N2O5/c1-17(2)22(25(31)32)14-28-24(30)13-27(3,4)16-29-26(33)34-15-23-20-11-7-5-9-18(20)19-10-6-8-12-21(19)23/h5-12,17,22-23H,13-16H2,1-4H3,(H,28,30)(H,29,33)(H,31,32). The van der Waals surface area contributed by atoms with Crippen LogP contribution in [0.3, 0.4) is 0 Å². The molecule has 0 saturated heterocycles. The summed E-state index contributed by atoms with van der Waals surface area (Å²) in [5, 5.41) is 14.7. The van der Waals surface area contributed by atoms with Crippen molar-refractivity contribution >= 4 is 18.0 Å². The third-order valence-electron chi connectivity index (χ3n) is 6.34. The third kappa shape index (κ3) is 6.16. The Labute approximate surface area is 200 Å². The highest BCUT2D eigenvalue weighted by molar-refractivity contribution is 5.79. The number of carbonyl (C=O) groups excluding carboxylic acids is 2. The zero-order chi connectivity index (χ0) is 24.9. The monoisotopic (exact) mass is 466 g/mol.